The molecule has 1 aromatic heterocycles. The number of rotatable bonds is 5. The summed E-state index contributed by atoms with van der Waals surface area (Å²) in [6.07, 6.45) is 1.67. The summed E-state index contributed by atoms with van der Waals surface area (Å²) in [5.74, 6) is 0.849. The molecule has 2 N–H and O–H groups in total. The Bertz CT molecular complexity index is 741. The van der Waals surface area contributed by atoms with Gasteiger partial charge < -0.3 is 10.3 Å². The molecule has 0 fully saturated rings. The lowest BCUT2D eigenvalue weighted by molar-refractivity contribution is 0.0954. The smallest absolute Gasteiger partial charge is 0.251 e. The molecule has 4 nitrogen and oxygen atoms in total. The van der Waals surface area contributed by atoms with Gasteiger partial charge >= 0.3 is 0 Å². The van der Waals surface area contributed by atoms with Gasteiger partial charge in [0, 0.05) is 18.5 Å². The van der Waals surface area contributed by atoms with Gasteiger partial charge in [-0.25, -0.2) is 4.98 Å². The minimum absolute atomic E-state index is 0.0428. The highest BCUT2D eigenvalue weighted by Gasteiger charge is 2.06. The molecule has 0 atom stereocenters. The second-order valence-electron chi connectivity index (χ2n) is 5.26. The Kier molecular flexibility index (Phi) is 4.19. The van der Waals surface area contributed by atoms with Gasteiger partial charge in [-0.05, 0) is 36.2 Å². The molecule has 0 bridgehead atoms. The molecule has 1 heterocycles. The third-order valence-corrected chi connectivity index (χ3v) is 3.71. The number of hydrogen-bond acceptors (Lipinski definition) is 2. The second-order valence-corrected chi connectivity index (χ2v) is 5.26. The van der Waals surface area contributed by atoms with Gasteiger partial charge in [0.2, 0.25) is 0 Å². The Morgan fingerprint density at radius 3 is 2.64 bits per heavy atom. The van der Waals surface area contributed by atoms with Gasteiger partial charge in [0.25, 0.3) is 5.91 Å². The Labute approximate surface area is 129 Å². The van der Waals surface area contributed by atoms with Crippen LogP contribution in [0.3, 0.4) is 0 Å². The Morgan fingerprint density at radius 1 is 1.14 bits per heavy atom. The van der Waals surface area contributed by atoms with Crippen LogP contribution in [0.2, 0.25) is 0 Å². The molecule has 0 aliphatic rings. The summed E-state index contributed by atoms with van der Waals surface area (Å²) in [4.78, 5) is 19.8. The van der Waals surface area contributed by atoms with Crippen molar-refractivity contribution in [3.63, 3.8) is 0 Å². The summed E-state index contributed by atoms with van der Waals surface area (Å²) in [6.45, 7) is 2.66. The number of aromatic amines is 1. The molecule has 0 aliphatic heterocycles. The zero-order valence-electron chi connectivity index (χ0n) is 12.6. The molecule has 0 spiro atoms. The van der Waals surface area contributed by atoms with Gasteiger partial charge in [-0.15, -0.1) is 0 Å². The normalized spacial score (nSPS) is 10.8. The van der Waals surface area contributed by atoms with E-state index in [4.69, 9.17) is 0 Å². The van der Waals surface area contributed by atoms with E-state index < -0.39 is 0 Å². The molecule has 2 aromatic carbocycles. The first-order valence-electron chi connectivity index (χ1n) is 7.57. The van der Waals surface area contributed by atoms with E-state index in [0.717, 1.165) is 23.3 Å². The van der Waals surface area contributed by atoms with Crippen LogP contribution in [0.1, 0.15) is 28.7 Å². The van der Waals surface area contributed by atoms with Crippen LogP contribution in [0.25, 0.3) is 11.0 Å². The monoisotopic (exact) mass is 293 g/mol. The number of para-hydroxylation sites is 2. The van der Waals surface area contributed by atoms with E-state index in [9.17, 15) is 4.79 Å². The topological polar surface area (TPSA) is 57.8 Å². The molecular formula is C18H19N3O. The predicted molar refractivity (Wildman–Crippen MR) is 88.0 cm³/mol. The fourth-order valence-electron chi connectivity index (χ4n) is 2.41. The third kappa shape index (κ3) is 3.17. The lowest BCUT2D eigenvalue weighted by atomic mass is 10.1. The summed E-state index contributed by atoms with van der Waals surface area (Å²) in [5, 5.41) is 2.93. The number of fused-ring (bicyclic) bond motifs is 1. The fraction of sp³-hybridized carbons (Fsp3) is 0.222. The molecule has 22 heavy (non-hydrogen) atoms. The van der Waals surface area contributed by atoms with Crippen LogP contribution in [-0.4, -0.2) is 22.4 Å². The maximum absolute atomic E-state index is 12.1. The minimum atomic E-state index is -0.0428. The number of hydrogen-bond donors (Lipinski definition) is 2. The van der Waals surface area contributed by atoms with Crippen molar-refractivity contribution in [3.05, 3.63) is 65.5 Å². The van der Waals surface area contributed by atoms with Crippen molar-refractivity contribution in [1.82, 2.24) is 15.3 Å². The van der Waals surface area contributed by atoms with Gasteiger partial charge in [0.05, 0.1) is 11.0 Å². The first kappa shape index (κ1) is 14.3. The maximum atomic E-state index is 12.1. The molecule has 4 heteroatoms. The first-order chi connectivity index (χ1) is 10.8. The minimum Gasteiger partial charge on any atom is -0.352 e. The van der Waals surface area contributed by atoms with Crippen molar-refractivity contribution >= 4 is 16.9 Å². The number of carbonyl (C=O) groups excluding carboxylic acids is 1. The second kappa shape index (κ2) is 6.43. The van der Waals surface area contributed by atoms with Gasteiger partial charge in [0.1, 0.15) is 5.82 Å². The van der Waals surface area contributed by atoms with Crippen molar-refractivity contribution in [2.24, 2.45) is 0 Å². The number of imidazole rings is 1. The van der Waals surface area contributed by atoms with Crippen LogP contribution in [-0.2, 0) is 12.8 Å². The zero-order chi connectivity index (χ0) is 15.4. The molecule has 3 rings (SSSR count). The van der Waals surface area contributed by atoms with Gasteiger partial charge in [-0.1, -0.05) is 31.2 Å². The summed E-state index contributed by atoms with van der Waals surface area (Å²) >= 11 is 0. The molecule has 0 radical (unpaired) electrons. The van der Waals surface area contributed by atoms with Gasteiger partial charge in [0.15, 0.2) is 0 Å². The van der Waals surface area contributed by atoms with Crippen molar-refractivity contribution in [2.45, 2.75) is 19.8 Å². The lowest BCUT2D eigenvalue weighted by Gasteiger charge is -2.05. The number of aromatic nitrogens is 2. The zero-order valence-corrected chi connectivity index (χ0v) is 12.6. The molecular weight excluding hydrogens is 274 g/mol. The third-order valence-electron chi connectivity index (χ3n) is 3.71. The fourth-order valence-corrected chi connectivity index (χ4v) is 2.41. The summed E-state index contributed by atoms with van der Waals surface area (Å²) < 4.78 is 0. The van der Waals surface area contributed by atoms with Crippen LogP contribution < -0.4 is 5.32 Å². The van der Waals surface area contributed by atoms with Crippen LogP contribution in [0.5, 0.6) is 0 Å². The van der Waals surface area contributed by atoms with Crippen molar-refractivity contribution in [3.8, 4) is 0 Å². The Balaban J connectivity index is 1.56. The van der Waals surface area contributed by atoms with Crippen LogP contribution in [0.4, 0.5) is 0 Å². The Hall–Kier alpha value is -2.62. The summed E-state index contributed by atoms with van der Waals surface area (Å²) in [6, 6.07) is 15.6. The number of nitrogens with one attached hydrogen (secondary N) is 2. The van der Waals surface area contributed by atoms with Gasteiger partial charge in [-0.2, -0.15) is 0 Å². The number of nitrogens with zero attached hydrogens (tertiary/aromatic N) is 1. The van der Waals surface area contributed by atoms with Crippen LogP contribution in [0.15, 0.2) is 48.5 Å². The average molecular weight is 293 g/mol. The highest BCUT2D eigenvalue weighted by atomic mass is 16.1. The van der Waals surface area contributed by atoms with E-state index in [-0.39, 0.29) is 5.91 Å². The number of H-pyrrole nitrogens is 1. The quantitative estimate of drug-likeness (QED) is 0.759. The van der Waals surface area contributed by atoms with Crippen molar-refractivity contribution in [2.75, 3.05) is 6.54 Å². The standard InChI is InChI=1S/C18H19N3O/c1-2-13-7-9-14(10-8-13)18(22)19-12-11-17-20-15-5-3-4-6-16(15)21-17/h3-10H,2,11-12H2,1H3,(H,19,22)(H,20,21). The SMILES string of the molecule is CCc1ccc(C(=O)NCCc2nc3ccccc3[nH]2)cc1. The molecule has 112 valence electrons. The van der Waals surface area contributed by atoms with E-state index in [1.807, 2.05) is 48.5 Å². The molecule has 0 saturated heterocycles. The van der Waals surface area contributed by atoms with E-state index >= 15 is 0 Å². The van der Waals surface area contributed by atoms with Crippen molar-refractivity contribution < 1.29 is 4.79 Å². The van der Waals surface area contributed by atoms with E-state index in [0.29, 0.717) is 18.5 Å². The molecule has 0 saturated carbocycles. The number of benzene rings is 2. The Morgan fingerprint density at radius 2 is 1.91 bits per heavy atom. The molecule has 0 aliphatic carbocycles. The summed E-state index contributed by atoms with van der Waals surface area (Å²) in [5.41, 5.74) is 3.92. The lowest BCUT2D eigenvalue weighted by Crippen LogP contribution is -2.25. The molecule has 3 aromatic rings. The van der Waals surface area contributed by atoms with Crippen molar-refractivity contribution in [1.29, 1.82) is 0 Å². The van der Waals surface area contributed by atoms with Gasteiger partial charge in [-0.3, -0.25) is 4.79 Å². The van der Waals surface area contributed by atoms with E-state index in [1.165, 1.54) is 5.56 Å². The van der Waals surface area contributed by atoms with Crippen LogP contribution in [0, 0.1) is 0 Å². The largest absolute Gasteiger partial charge is 0.352 e. The maximum Gasteiger partial charge on any atom is 0.251 e. The van der Waals surface area contributed by atoms with Crippen LogP contribution >= 0.6 is 0 Å². The highest BCUT2D eigenvalue weighted by Crippen LogP contribution is 2.10. The van der Waals surface area contributed by atoms with E-state index in [1.54, 1.807) is 0 Å². The number of carbonyl (C=O) groups is 1. The number of aryl methyl sites for hydroxylation is 1. The average Bonchev–Trinajstić information content (AvgIpc) is 2.97. The first-order valence-corrected chi connectivity index (χ1v) is 7.57. The highest BCUT2D eigenvalue weighted by molar-refractivity contribution is 5.94. The summed E-state index contributed by atoms with van der Waals surface area (Å²) in [7, 11) is 0. The number of amides is 1. The molecule has 1 amide bonds. The predicted octanol–water partition coefficient (Wildman–Crippen LogP) is 3.10. The van der Waals surface area contributed by atoms with E-state index in [2.05, 4.69) is 22.2 Å². The molecule has 0 unspecified atom stereocenters.